The third-order valence-corrected chi connectivity index (χ3v) is 4.10. The van der Waals surface area contributed by atoms with Gasteiger partial charge in [-0.3, -0.25) is 19.8 Å². The van der Waals surface area contributed by atoms with Crippen LogP contribution in [0, 0.1) is 0 Å². The summed E-state index contributed by atoms with van der Waals surface area (Å²) in [7, 11) is 0. The van der Waals surface area contributed by atoms with Crippen LogP contribution in [0.3, 0.4) is 0 Å². The zero-order valence-electron chi connectivity index (χ0n) is 12.5. The Labute approximate surface area is 136 Å². The van der Waals surface area contributed by atoms with E-state index in [1.54, 1.807) is 18.2 Å². The van der Waals surface area contributed by atoms with Crippen molar-refractivity contribution in [3.63, 3.8) is 0 Å². The lowest BCUT2D eigenvalue weighted by atomic mass is 10.2. The van der Waals surface area contributed by atoms with Crippen molar-refractivity contribution in [2.24, 2.45) is 4.99 Å². The molecule has 3 aliphatic rings. The summed E-state index contributed by atoms with van der Waals surface area (Å²) in [6.45, 7) is 0. The van der Waals surface area contributed by atoms with Gasteiger partial charge in [-0.05, 0) is 6.08 Å². The number of furan rings is 1. The number of imide groups is 1. The van der Waals surface area contributed by atoms with Crippen molar-refractivity contribution < 1.29 is 23.9 Å². The first-order chi connectivity index (χ1) is 11.5. The predicted molar refractivity (Wildman–Crippen MR) is 80.1 cm³/mol. The minimum atomic E-state index is -0.897. The molecule has 9 nitrogen and oxygen atoms in total. The third-order valence-electron chi connectivity index (χ3n) is 4.10. The maximum absolute atomic E-state index is 11.9. The van der Waals surface area contributed by atoms with Gasteiger partial charge < -0.3 is 14.8 Å². The standard InChI is InChI=1S/C15H14N4O5/c20-11-4-5-12(21)19(11)10-3-1-2-8-7(16-10)6-9(24-8)13-14(22)18-15(23)17-13/h1,3,6,11,13,20H,2,4-5H2,(H2,17,18,22,23). The van der Waals surface area contributed by atoms with Crippen molar-refractivity contribution in [3.05, 3.63) is 29.7 Å². The number of rotatable bonds is 1. The van der Waals surface area contributed by atoms with Gasteiger partial charge in [0.15, 0.2) is 6.04 Å². The molecular formula is C15H14N4O5. The topological polar surface area (TPSA) is 124 Å². The van der Waals surface area contributed by atoms with Gasteiger partial charge in [0.05, 0.1) is 0 Å². The van der Waals surface area contributed by atoms with Crippen LogP contribution in [0.15, 0.2) is 27.6 Å². The van der Waals surface area contributed by atoms with E-state index in [9.17, 15) is 19.5 Å². The van der Waals surface area contributed by atoms with Gasteiger partial charge in [0.1, 0.15) is 29.3 Å². The Kier molecular flexibility index (Phi) is 3.24. The quantitative estimate of drug-likeness (QED) is 0.636. The highest BCUT2D eigenvalue weighted by Crippen LogP contribution is 2.32. The van der Waals surface area contributed by atoms with Gasteiger partial charge >= 0.3 is 6.03 Å². The van der Waals surface area contributed by atoms with E-state index in [4.69, 9.17) is 4.42 Å². The molecule has 2 fully saturated rings. The molecule has 0 spiro atoms. The van der Waals surface area contributed by atoms with E-state index < -0.39 is 24.2 Å². The second-order valence-electron chi connectivity index (χ2n) is 5.71. The van der Waals surface area contributed by atoms with Crippen LogP contribution in [0.5, 0.6) is 0 Å². The molecule has 1 aromatic rings. The molecule has 1 aromatic heterocycles. The molecule has 0 bridgehead atoms. The molecule has 9 heteroatoms. The zero-order valence-corrected chi connectivity index (χ0v) is 12.5. The van der Waals surface area contributed by atoms with Crippen LogP contribution in [-0.4, -0.2) is 39.9 Å². The average molecular weight is 330 g/mol. The number of aliphatic hydroxyl groups excluding tert-OH is 1. The minimum absolute atomic E-state index is 0.194. The van der Waals surface area contributed by atoms with Crippen molar-refractivity contribution in [1.82, 2.24) is 15.5 Å². The SMILES string of the molecule is O=C1NC(=O)C(c2cc3c(o2)CC=CC(N2C(=O)CCC2O)=N3)N1. The zero-order chi connectivity index (χ0) is 16.8. The third kappa shape index (κ3) is 2.29. The summed E-state index contributed by atoms with van der Waals surface area (Å²) in [4.78, 5) is 40.5. The lowest BCUT2D eigenvalue weighted by Gasteiger charge is -2.19. The van der Waals surface area contributed by atoms with Gasteiger partial charge in [-0.25, -0.2) is 9.79 Å². The average Bonchev–Trinajstić information content (AvgIpc) is 3.14. The fourth-order valence-electron chi connectivity index (χ4n) is 2.95. The van der Waals surface area contributed by atoms with Gasteiger partial charge in [0.25, 0.3) is 5.91 Å². The number of urea groups is 1. The molecule has 4 rings (SSSR count). The number of allylic oxidation sites excluding steroid dienone is 1. The highest BCUT2D eigenvalue weighted by molar-refractivity contribution is 6.07. The number of nitrogens with zero attached hydrogens (tertiary/aromatic N) is 2. The van der Waals surface area contributed by atoms with Crippen molar-refractivity contribution in [3.8, 4) is 0 Å². The second kappa shape index (κ2) is 5.31. The number of amides is 4. The molecule has 0 radical (unpaired) electrons. The van der Waals surface area contributed by atoms with Gasteiger partial charge in [-0.2, -0.15) is 0 Å². The summed E-state index contributed by atoms with van der Waals surface area (Å²) < 4.78 is 5.65. The molecule has 2 unspecified atom stereocenters. The molecule has 0 saturated carbocycles. The Balaban J connectivity index is 1.68. The number of hydrogen-bond acceptors (Lipinski definition) is 6. The second-order valence-corrected chi connectivity index (χ2v) is 5.71. The van der Waals surface area contributed by atoms with Crippen LogP contribution in [0.1, 0.15) is 30.4 Å². The number of fused-ring (bicyclic) bond motifs is 1. The number of carbonyl (C=O) groups excluding carboxylic acids is 3. The van der Waals surface area contributed by atoms with Crippen molar-refractivity contribution >= 4 is 29.4 Å². The number of aliphatic imine (C=N–C) groups is 1. The first kappa shape index (κ1) is 14.6. The van der Waals surface area contributed by atoms with Gasteiger partial charge in [0, 0.05) is 25.3 Å². The Bertz CT molecular complexity index is 809. The summed E-state index contributed by atoms with van der Waals surface area (Å²) in [6, 6.07) is 0.0861. The highest BCUT2D eigenvalue weighted by atomic mass is 16.3. The summed E-state index contributed by atoms with van der Waals surface area (Å²) in [5.74, 6) is 0.437. The van der Waals surface area contributed by atoms with Crippen LogP contribution in [-0.2, 0) is 16.0 Å². The first-order valence-corrected chi connectivity index (χ1v) is 7.52. The van der Waals surface area contributed by atoms with Crippen LogP contribution >= 0.6 is 0 Å². The number of aliphatic hydroxyl groups is 1. The molecule has 0 aromatic carbocycles. The van der Waals surface area contributed by atoms with Crippen LogP contribution < -0.4 is 10.6 Å². The van der Waals surface area contributed by atoms with E-state index in [2.05, 4.69) is 15.6 Å². The van der Waals surface area contributed by atoms with E-state index in [1.165, 1.54) is 4.90 Å². The first-order valence-electron chi connectivity index (χ1n) is 7.52. The number of hydrogen-bond donors (Lipinski definition) is 3. The monoisotopic (exact) mass is 330 g/mol. The van der Waals surface area contributed by atoms with Crippen LogP contribution in [0.25, 0.3) is 0 Å². The molecule has 0 aliphatic carbocycles. The van der Waals surface area contributed by atoms with Crippen LogP contribution in [0.4, 0.5) is 10.5 Å². The lowest BCUT2D eigenvalue weighted by molar-refractivity contribution is -0.127. The molecule has 2 saturated heterocycles. The summed E-state index contributed by atoms with van der Waals surface area (Å²) >= 11 is 0. The van der Waals surface area contributed by atoms with Crippen molar-refractivity contribution in [2.75, 3.05) is 0 Å². The van der Waals surface area contributed by atoms with E-state index in [0.717, 1.165) is 0 Å². The minimum Gasteiger partial charge on any atom is -0.461 e. The molecular weight excluding hydrogens is 316 g/mol. The maximum Gasteiger partial charge on any atom is 0.322 e. The fourth-order valence-corrected chi connectivity index (χ4v) is 2.95. The summed E-state index contributed by atoms with van der Waals surface area (Å²) in [6.07, 6.45) is 3.58. The Morgan fingerprint density at radius 1 is 1.33 bits per heavy atom. The van der Waals surface area contributed by atoms with Crippen molar-refractivity contribution in [1.29, 1.82) is 0 Å². The number of amidine groups is 1. The number of likely N-dealkylation sites (tertiary alicyclic amines) is 1. The van der Waals surface area contributed by atoms with E-state index in [0.29, 0.717) is 30.1 Å². The molecule has 24 heavy (non-hydrogen) atoms. The molecule has 4 amide bonds. The van der Waals surface area contributed by atoms with E-state index in [1.807, 2.05) is 0 Å². The number of nitrogens with one attached hydrogen (secondary N) is 2. The predicted octanol–water partition coefficient (Wildman–Crippen LogP) is 0.243. The molecule has 4 heterocycles. The van der Waals surface area contributed by atoms with Crippen molar-refractivity contribution in [2.45, 2.75) is 31.5 Å². The van der Waals surface area contributed by atoms with Crippen LogP contribution in [0.2, 0.25) is 0 Å². The Morgan fingerprint density at radius 3 is 2.83 bits per heavy atom. The van der Waals surface area contributed by atoms with Gasteiger partial charge in [-0.1, -0.05) is 6.08 Å². The Hall–Kier alpha value is -2.94. The Morgan fingerprint density at radius 2 is 2.17 bits per heavy atom. The van der Waals surface area contributed by atoms with E-state index in [-0.39, 0.29) is 18.1 Å². The summed E-state index contributed by atoms with van der Waals surface area (Å²) in [5, 5.41) is 14.6. The molecule has 2 atom stereocenters. The molecule has 3 aliphatic heterocycles. The molecule has 3 N–H and O–H groups in total. The van der Waals surface area contributed by atoms with Gasteiger partial charge in [-0.15, -0.1) is 0 Å². The molecule has 124 valence electrons. The smallest absolute Gasteiger partial charge is 0.322 e. The largest absolute Gasteiger partial charge is 0.461 e. The normalized spacial score (nSPS) is 26.1. The van der Waals surface area contributed by atoms with Gasteiger partial charge in [0.2, 0.25) is 5.91 Å². The number of carbonyl (C=O) groups is 3. The summed E-state index contributed by atoms with van der Waals surface area (Å²) in [5.41, 5.74) is 0.464. The maximum atomic E-state index is 11.9. The highest BCUT2D eigenvalue weighted by Gasteiger charge is 2.35. The lowest BCUT2D eigenvalue weighted by Crippen LogP contribution is -2.37. The fraction of sp³-hybridized carbons (Fsp3) is 0.333. The van der Waals surface area contributed by atoms with E-state index >= 15 is 0 Å².